The predicted octanol–water partition coefficient (Wildman–Crippen LogP) is 2.16. The maximum Gasteiger partial charge on any atom is 0.468 e. The van der Waals surface area contributed by atoms with Gasteiger partial charge in [0.1, 0.15) is 0 Å². The van der Waals surface area contributed by atoms with Crippen molar-refractivity contribution in [1.82, 2.24) is 5.01 Å². The van der Waals surface area contributed by atoms with E-state index in [-0.39, 0.29) is 24.1 Å². The number of nitrogens with zero attached hydrogens (tertiary/aromatic N) is 2. The molecule has 4 nitrogen and oxygen atoms in total. The van der Waals surface area contributed by atoms with Crippen molar-refractivity contribution in [3.8, 4) is 0 Å². The minimum atomic E-state index is -0.253. The number of hydrazone groups is 1. The smallest absolute Gasteiger partial charge is 0.403 e. The molecule has 1 atom stereocenters. The zero-order valence-corrected chi connectivity index (χ0v) is 11.7. The van der Waals surface area contributed by atoms with Crippen LogP contribution in [-0.4, -0.2) is 42.1 Å². The second kappa shape index (κ2) is 3.99. The van der Waals surface area contributed by atoms with Crippen LogP contribution in [0.25, 0.3) is 0 Å². The molecule has 1 fully saturated rings. The van der Waals surface area contributed by atoms with E-state index in [9.17, 15) is 0 Å². The lowest BCUT2D eigenvalue weighted by Crippen LogP contribution is -2.41. The fourth-order valence-electron chi connectivity index (χ4n) is 2.05. The van der Waals surface area contributed by atoms with Crippen molar-refractivity contribution in [3.05, 3.63) is 0 Å². The van der Waals surface area contributed by atoms with E-state index < -0.39 is 0 Å². The van der Waals surface area contributed by atoms with E-state index >= 15 is 0 Å². The molecule has 5 heteroatoms. The van der Waals surface area contributed by atoms with Crippen LogP contribution >= 0.6 is 0 Å². The minimum absolute atomic E-state index is 0.174. The standard InChI is InChI=1S/C12H23BN2O2/c1-9(2)15-8-10(7-14-15)13-16-11(3,4)12(5,6)17-13/h7,9-10H,8H2,1-6H3. The average molecular weight is 238 g/mol. The van der Waals surface area contributed by atoms with E-state index in [1.54, 1.807) is 0 Å². The minimum Gasteiger partial charge on any atom is -0.403 e. The van der Waals surface area contributed by atoms with Crippen LogP contribution in [0.3, 0.4) is 0 Å². The summed E-state index contributed by atoms with van der Waals surface area (Å²) in [4.78, 5) is 0. The second-order valence-electron chi connectivity index (χ2n) is 6.27. The number of hydrogen-bond acceptors (Lipinski definition) is 4. The Morgan fingerprint density at radius 3 is 2.18 bits per heavy atom. The predicted molar refractivity (Wildman–Crippen MR) is 70.2 cm³/mol. The van der Waals surface area contributed by atoms with E-state index in [0.29, 0.717) is 6.04 Å². The van der Waals surface area contributed by atoms with Gasteiger partial charge in [-0.15, -0.1) is 0 Å². The van der Waals surface area contributed by atoms with Crippen LogP contribution in [0.2, 0.25) is 5.82 Å². The highest BCUT2D eigenvalue weighted by Gasteiger charge is 2.54. The Balaban J connectivity index is 2.02. The summed E-state index contributed by atoms with van der Waals surface area (Å²) in [5, 5.41) is 6.48. The van der Waals surface area contributed by atoms with Crippen molar-refractivity contribution in [2.24, 2.45) is 5.10 Å². The van der Waals surface area contributed by atoms with Crippen LogP contribution in [0.15, 0.2) is 5.10 Å². The molecule has 96 valence electrons. The monoisotopic (exact) mass is 238 g/mol. The highest BCUT2D eigenvalue weighted by molar-refractivity contribution is 6.52. The van der Waals surface area contributed by atoms with E-state index in [2.05, 4.69) is 51.7 Å². The Kier molecular flexibility index (Phi) is 3.03. The quantitative estimate of drug-likeness (QED) is 0.691. The Labute approximate surface area is 104 Å². The van der Waals surface area contributed by atoms with Gasteiger partial charge in [0.2, 0.25) is 0 Å². The number of rotatable bonds is 2. The third-order valence-electron chi connectivity index (χ3n) is 4.02. The van der Waals surface area contributed by atoms with E-state index in [4.69, 9.17) is 9.31 Å². The van der Waals surface area contributed by atoms with Crippen LogP contribution in [0, 0.1) is 0 Å². The van der Waals surface area contributed by atoms with Crippen LogP contribution in [0.4, 0.5) is 0 Å². The lowest BCUT2D eigenvalue weighted by atomic mass is 9.73. The van der Waals surface area contributed by atoms with Gasteiger partial charge in [0.05, 0.1) is 17.0 Å². The molecule has 2 rings (SSSR count). The molecule has 2 heterocycles. The maximum absolute atomic E-state index is 6.04. The van der Waals surface area contributed by atoms with Crippen molar-refractivity contribution in [1.29, 1.82) is 0 Å². The fraction of sp³-hybridized carbons (Fsp3) is 0.917. The van der Waals surface area contributed by atoms with Gasteiger partial charge in [0.25, 0.3) is 0 Å². The molecule has 0 aromatic rings. The average Bonchev–Trinajstić information content (AvgIpc) is 2.70. The lowest BCUT2D eigenvalue weighted by molar-refractivity contribution is 0.00578. The SMILES string of the molecule is CC(C)N1CC(B2OC(C)(C)C(C)(C)O2)C=N1. The molecule has 2 aliphatic heterocycles. The van der Waals surface area contributed by atoms with Gasteiger partial charge in [-0.1, -0.05) is 0 Å². The molecule has 0 aromatic carbocycles. The zero-order chi connectivity index (χ0) is 12.8. The molecule has 1 saturated heterocycles. The summed E-state index contributed by atoms with van der Waals surface area (Å²) in [6.07, 6.45) is 1.96. The van der Waals surface area contributed by atoms with Gasteiger partial charge in [-0.25, -0.2) is 0 Å². The zero-order valence-electron chi connectivity index (χ0n) is 11.7. The van der Waals surface area contributed by atoms with Crippen molar-refractivity contribution >= 4 is 13.3 Å². The maximum atomic E-state index is 6.04. The Morgan fingerprint density at radius 2 is 1.76 bits per heavy atom. The fourth-order valence-corrected chi connectivity index (χ4v) is 2.05. The lowest BCUT2D eigenvalue weighted by Gasteiger charge is -2.32. The summed E-state index contributed by atoms with van der Waals surface area (Å²) < 4.78 is 12.1. The van der Waals surface area contributed by atoms with Gasteiger partial charge < -0.3 is 9.31 Å². The first-order valence-electron chi connectivity index (χ1n) is 6.39. The first-order chi connectivity index (χ1) is 7.73. The molecule has 0 spiro atoms. The molecule has 0 radical (unpaired) electrons. The molecule has 0 amide bonds. The summed E-state index contributed by atoms with van der Waals surface area (Å²) in [5.41, 5.74) is -0.506. The van der Waals surface area contributed by atoms with Crippen LogP contribution in [0.5, 0.6) is 0 Å². The van der Waals surface area contributed by atoms with Gasteiger partial charge in [0, 0.05) is 18.8 Å². The molecule has 2 aliphatic rings. The first-order valence-corrected chi connectivity index (χ1v) is 6.39. The Hall–Kier alpha value is -0.545. The molecule has 0 aliphatic carbocycles. The Bertz CT molecular complexity index is 312. The molecule has 0 N–H and O–H groups in total. The molecule has 17 heavy (non-hydrogen) atoms. The summed E-state index contributed by atoms with van der Waals surface area (Å²) in [6, 6.07) is 0.429. The summed E-state index contributed by atoms with van der Waals surface area (Å²) in [7, 11) is -0.174. The van der Waals surface area contributed by atoms with Crippen LogP contribution in [-0.2, 0) is 9.31 Å². The van der Waals surface area contributed by atoms with Crippen molar-refractivity contribution in [2.45, 2.75) is 64.6 Å². The molecular weight excluding hydrogens is 215 g/mol. The second-order valence-corrected chi connectivity index (χ2v) is 6.27. The van der Waals surface area contributed by atoms with Gasteiger partial charge in [-0.05, 0) is 41.5 Å². The molecule has 0 saturated carbocycles. The third-order valence-corrected chi connectivity index (χ3v) is 4.02. The number of hydrogen-bond donors (Lipinski definition) is 0. The van der Waals surface area contributed by atoms with Crippen LogP contribution < -0.4 is 0 Å². The van der Waals surface area contributed by atoms with Crippen molar-refractivity contribution in [2.75, 3.05) is 6.54 Å². The highest BCUT2D eigenvalue weighted by Crippen LogP contribution is 2.40. The Morgan fingerprint density at radius 1 is 1.24 bits per heavy atom. The topological polar surface area (TPSA) is 34.1 Å². The first kappa shape index (κ1) is 12.9. The van der Waals surface area contributed by atoms with E-state index in [1.165, 1.54) is 0 Å². The summed E-state index contributed by atoms with van der Waals surface area (Å²) >= 11 is 0. The van der Waals surface area contributed by atoms with E-state index in [0.717, 1.165) is 6.54 Å². The molecule has 0 aromatic heterocycles. The summed E-state index contributed by atoms with van der Waals surface area (Å²) in [6.45, 7) is 13.5. The third kappa shape index (κ3) is 2.23. The summed E-state index contributed by atoms with van der Waals surface area (Å²) in [5.74, 6) is 0.235. The highest BCUT2D eigenvalue weighted by atomic mass is 16.7. The van der Waals surface area contributed by atoms with Gasteiger partial charge in [-0.3, -0.25) is 5.01 Å². The molecular formula is C12H23BN2O2. The molecule has 1 unspecified atom stereocenters. The van der Waals surface area contributed by atoms with Crippen molar-refractivity contribution < 1.29 is 9.31 Å². The van der Waals surface area contributed by atoms with Gasteiger partial charge in [0.15, 0.2) is 0 Å². The van der Waals surface area contributed by atoms with E-state index in [1.807, 2.05) is 6.21 Å². The molecule has 0 bridgehead atoms. The van der Waals surface area contributed by atoms with Crippen LogP contribution in [0.1, 0.15) is 41.5 Å². The normalized spacial score (nSPS) is 30.6. The van der Waals surface area contributed by atoms with Crippen molar-refractivity contribution in [3.63, 3.8) is 0 Å². The largest absolute Gasteiger partial charge is 0.468 e. The van der Waals surface area contributed by atoms with Gasteiger partial charge in [-0.2, -0.15) is 5.10 Å². The van der Waals surface area contributed by atoms with Gasteiger partial charge >= 0.3 is 7.12 Å².